The number of nitrogens with one attached hydrogen (secondary N) is 2. The number of hydrogen-bond acceptors (Lipinski definition) is 8. The van der Waals surface area contributed by atoms with E-state index in [-0.39, 0.29) is 22.0 Å². The van der Waals surface area contributed by atoms with Crippen molar-refractivity contribution in [2.75, 3.05) is 38.1 Å². The Kier molecular flexibility index (Phi) is 9.31. The van der Waals surface area contributed by atoms with Crippen LogP contribution in [-0.2, 0) is 0 Å². The molecule has 5 aromatic rings. The Balaban J connectivity index is 1.55. The van der Waals surface area contributed by atoms with Crippen LogP contribution in [0, 0.1) is 6.92 Å². The van der Waals surface area contributed by atoms with E-state index < -0.39 is 8.32 Å². The van der Waals surface area contributed by atoms with Gasteiger partial charge >= 0.3 is 0 Å². The molecule has 4 heterocycles. The molecule has 1 aliphatic rings. The van der Waals surface area contributed by atoms with Crippen LogP contribution in [0.15, 0.2) is 47.6 Å². The topological polar surface area (TPSA) is 119 Å². The van der Waals surface area contributed by atoms with Crippen molar-refractivity contribution < 1.29 is 28.2 Å². The maximum atomic E-state index is 14.6. The zero-order chi connectivity index (χ0) is 35.4. The van der Waals surface area contributed by atoms with Gasteiger partial charge in [0.1, 0.15) is 11.4 Å². The number of fused-ring (bicyclic) bond motifs is 4. The fraction of sp³-hybridized carbons (Fsp3) is 0.361. The van der Waals surface area contributed by atoms with Gasteiger partial charge in [0.25, 0.3) is 14.2 Å². The first kappa shape index (κ1) is 34.9. The second kappa shape index (κ2) is 13.1. The van der Waals surface area contributed by atoms with Crippen molar-refractivity contribution in [2.24, 2.45) is 0 Å². The molecular weight excluding hydrogens is 724 g/mol. The number of aromatic nitrogens is 3. The largest absolute Gasteiger partial charge is 0.542 e. The number of benzene rings is 2. The Morgan fingerprint density at radius 2 is 1.69 bits per heavy atom. The number of amides is 1. The van der Waals surface area contributed by atoms with E-state index in [9.17, 15) is 9.59 Å². The minimum atomic E-state index is -2.35. The van der Waals surface area contributed by atoms with Gasteiger partial charge in [-0.15, -0.1) is 0 Å². The highest BCUT2D eigenvalue weighted by Gasteiger charge is 2.42. The number of alkyl halides is 1. The van der Waals surface area contributed by atoms with Crippen molar-refractivity contribution >= 4 is 74.5 Å². The van der Waals surface area contributed by atoms with Gasteiger partial charge in [-0.3, -0.25) is 14.6 Å². The maximum Gasteiger partial charge on any atom is 0.274 e. The molecule has 3 aromatic heterocycles. The third kappa shape index (κ3) is 5.99. The first-order chi connectivity index (χ1) is 23.2. The highest BCUT2D eigenvalue weighted by molar-refractivity contribution is 9.09. The van der Waals surface area contributed by atoms with Crippen molar-refractivity contribution in [3.8, 4) is 23.0 Å². The summed E-state index contributed by atoms with van der Waals surface area (Å²) in [5.74, 6) is 1.71. The summed E-state index contributed by atoms with van der Waals surface area (Å²) >= 11 is 4.90. The van der Waals surface area contributed by atoms with E-state index in [1.165, 1.54) is 0 Å². The fourth-order valence-electron chi connectivity index (χ4n) is 6.18. The van der Waals surface area contributed by atoms with Crippen LogP contribution in [0.25, 0.3) is 21.8 Å². The first-order valence-electron chi connectivity index (χ1n) is 15.9. The minimum absolute atomic E-state index is 0.0878. The molecule has 0 radical (unpaired) electrons. The molecule has 0 spiro atoms. The zero-order valence-electron chi connectivity index (χ0n) is 29.2. The van der Waals surface area contributed by atoms with E-state index in [2.05, 4.69) is 64.7 Å². The lowest BCUT2D eigenvalue weighted by atomic mass is 9.96. The Morgan fingerprint density at radius 1 is 1.00 bits per heavy atom. The van der Waals surface area contributed by atoms with Crippen molar-refractivity contribution in [3.05, 3.63) is 65.2 Å². The van der Waals surface area contributed by atoms with E-state index in [0.29, 0.717) is 51.6 Å². The van der Waals surface area contributed by atoms with Crippen LogP contribution in [0.2, 0.25) is 18.1 Å². The molecule has 0 aliphatic carbocycles. The Morgan fingerprint density at radius 3 is 2.31 bits per heavy atom. The van der Waals surface area contributed by atoms with Crippen LogP contribution in [0.5, 0.6) is 23.0 Å². The van der Waals surface area contributed by atoms with E-state index in [1.54, 1.807) is 44.7 Å². The van der Waals surface area contributed by atoms with Crippen LogP contribution in [0.1, 0.15) is 58.8 Å². The lowest BCUT2D eigenvalue weighted by Gasteiger charge is -2.36. The predicted octanol–water partition coefficient (Wildman–Crippen LogP) is 8.83. The minimum Gasteiger partial charge on any atom is -0.542 e. The number of thioether (sulfide) groups is 1. The number of aromatic amines is 2. The highest BCUT2D eigenvalue weighted by Crippen LogP contribution is 2.50. The van der Waals surface area contributed by atoms with Gasteiger partial charge in [-0.1, -0.05) is 36.7 Å². The Hall–Kier alpha value is -3.94. The number of nitrogens with zero attached hydrogens (tertiary/aromatic N) is 2. The van der Waals surface area contributed by atoms with E-state index >= 15 is 0 Å². The summed E-state index contributed by atoms with van der Waals surface area (Å²) in [5.41, 5.74) is 4.77. The molecule has 258 valence electrons. The lowest BCUT2D eigenvalue weighted by molar-refractivity contribution is 0.0984. The van der Waals surface area contributed by atoms with Crippen LogP contribution in [0.3, 0.4) is 0 Å². The zero-order valence-corrected chi connectivity index (χ0v) is 32.6. The van der Waals surface area contributed by atoms with E-state index in [4.69, 9.17) is 18.6 Å². The number of ether oxygens (including phenoxy) is 3. The predicted molar refractivity (Wildman–Crippen MR) is 201 cm³/mol. The number of carbonyl (C=O) groups excluding carboxylic acids is 2. The second-order valence-corrected chi connectivity index (χ2v) is 20.1. The summed E-state index contributed by atoms with van der Waals surface area (Å²) in [5, 5.41) is 1.95. The number of rotatable bonds is 9. The molecule has 0 fully saturated rings. The molecule has 2 aromatic carbocycles. The van der Waals surface area contributed by atoms with Gasteiger partial charge in [0, 0.05) is 57.6 Å². The van der Waals surface area contributed by atoms with Crippen LogP contribution in [0.4, 0.5) is 5.69 Å². The van der Waals surface area contributed by atoms with Crippen molar-refractivity contribution in [3.63, 3.8) is 0 Å². The third-order valence-electron chi connectivity index (χ3n) is 9.67. The molecule has 1 amide bonds. The van der Waals surface area contributed by atoms with E-state index in [1.807, 2.05) is 31.2 Å². The average Bonchev–Trinajstić information content (AvgIpc) is 3.76. The molecule has 0 bridgehead atoms. The van der Waals surface area contributed by atoms with Gasteiger partial charge in [0.15, 0.2) is 11.5 Å². The Labute approximate surface area is 299 Å². The number of halogens is 1. The SMILES string of the molecule is COc1cc2cc(C(=O)N3CC(CBr)c4c3cc(O[Si](C)(C)C(C)(C)C)c3[nH]c(C)c(C(=O)Sc5ccncc5)c43)[nH]c2c(OC)c1OC. The smallest absolute Gasteiger partial charge is 0.274 e. The molecule has 1 unspecified atom stereocenters. The number of aryl methyl sites for hydroxylation is 1. The quantitative estimate of drug-likeness (QED) is 0.0869. The maximum absolute atomic E-state index is 14.6. The third-order valence-corrected chi connectivity index (χ3v) is 15.7. The molecule has 1 atom stereocenters. The average molecular weight is 766 g/mol. The first-order valence-corrected chi connectivity index (χ1v) is 20.8. The summed E-state index contributed by atoms with van der Waals surface area (Å²) < 4.78 is 23.8. The van der Waals surface area contributed by atoms with Crippen molar-refractivity contribution in [1.29, 1.82) is 0 Å². The number of carbonyl (C=O) groups is 2. The monoisotopic (exact) mass is 764 g/mol. The van der Waals surface area contributed by atoms with Gasteiger partial charge in [0.2, 0.25) is 10.9 Å². The normalized spacial score (nSPS) is 14.7. The van der Waals surface area contributed by atoms with Crippen LogP contribution < -0.4 is 23.5 Å². The molecule has 6 rings (SSSR count). The number of hydrogen-bond donors (Lipinski definition) is 2. The number of pyridine rings is 1. The van der Waals surface area contributed by atoms with Crippen molar-refractivity contribution in [2.45, 2.75) is 56.6 Å². The van der Waals surface area contributed by atoms with Crippen molar-refractivity contribution in [1.82, 2.24) is 15.0 Å². The van der Waals surface area contributed by atoms with Crippen LogP contribution >= 0.6 is 27.7 Å². The fourth-order valence-corrected chi connectivity index (χ4v) is 8.55. The number of H-pyrrole nitrogens is 2. The summed E-state index contributed by atoms with van der Waals surface area (Å²) in [6.07, 6.45) is 3.35. The van der Waals surface area contributed by atoms with Gasteiger partial charge in [-0.25, -0.2) is 0 Å². The molecule has 0 saturated carbocycles. The van der Waals surface area contributed by atoms with Gasteiger partial charge < -0.3 is 33.5 Å². The van der Waals surface area contributed by atoms with E-state index in [0.717, 1.165) is 49.9 Å². The molecule has 10 nitrogen and oxygen atoms in total. The summed E-state index contributed by atoms with van der Waals surface area (Å²) in [6.45, 7) is 13.3. The number of methoxy groups -OCH3 is 3. The lowest BCUT2D eigenvalue weighted by Crippen LogP contribution is -2.44. The standard InChI is InChI=1S/C36H41BrN4O6SSi/c1-19-27(35(43)48-22-10-12-38-13-11-22)29-28-21(17-37)18-41(24(28)16-25(31(29)39-19)47-49(8,9)36(2,3)4)34(42)23-14-20-15-26(44-5)32(45-6)33(46-7)30(20)40-23/h10-16,21,39-40H,17-18H2,1-9H3. The van der Waals surface area contributed by atoms with Gasteiger partial charge in [-0.2, -0.15) is 0 Å². The molecular formula is C36H41BrN4O6SSi. The molecule has 2 N–H and O–H groups in total. The molecule has 0 saturated heterocycles. The summed E-state index contributed by atoms with van der Waals surface area (Å²) in [4.78, 5) is 42.2. The molecule has 1 aliphatic heterocycles. The second-order valence-electron chi connectivity index (χ2n) is 13.7. The summed E-state index contributed by atoms with van der Waals surface area (Å²) in [7, 11) is 2.30. The highest BCUT2D eigenvalue weighted by atomic mass is 79.9. The Bertz CT molecular complexity index is 2090. The van der Waals surface area contributed by atoms with Crippen LogP contribution in [-0.4, -0.2) is 67.5 Å². The molecule has 13 heteroatoms. The summed E-state index contributed by atoms with van der Waals surface area (Å²) in [6, 6.07) is 9.25. The van der Waals surface area contributed by atoms with Gasteiger partial charge in [0.05, 0.1) is 43.6 Å². The molecule has 49 heavy (non-hydrogen) atoms. The number of anilines is 1. The van der Waals surface area contributed by atoms with Gasteiger partial charge in [-0.05, 0) is 66.6 Å².